The predicted octanol–water partition coefficient (Wildman–Crippen LogP) is 3.16. The Bertz CT molecular complexity index is 322. The summed E-state index contributed by atoms with van der Waals surface area (Å²) in [5.41, 5.74) is 0.975. The maximum Gasteiger partial charge on any atom is 0.0490 e. The number of benzene rings is 1. The lowest BCUT2D eigenvalue weighted by Gasteiger charge is -2.06. The van der Waals surface area contributed by atoms with Gasteiger partial charge < -0.3 is 4.55 Å². The number of thiol groups is 1. The number of rotatable bonds is 0. The van der Waals surface area contributed by atoms with Crippen molar-refractivity contribution in [3.8, 4) is 0 Å². The first-order valence-electron chi connectivity index (χ1n) is 3.24. The molecule has 1 unspecified atom stereocenters. The molecule has 1 N–H and O–H groups in total. The summed E-state index contributed by atoms with van der Waals surface area (Å²) in [6.45, 7) is 0. The molecule has 0 saturated heterocycles. The van der Waals surface area contributed by atoms with E-state index in [4.69, 9.17) is 11.6 Å². The molecule has 11 heavy (non-hydrogen) atoms. The van der Waals surface area contributed by atoms with E-state index >= 15 is 0 Å². The maximum atomic E-state index is 9.43. The summed E-state index contributed by atoms with van der Waals surface area (Å²) in [5, 5.41) is 2.52. The minimum Gasteiger partial charge on any atom is -0.346 e. The van der Waals surface area contributed by atoms with Crippen LogP contribution in [0.2, 0.25) is 5.02 Å². The highest BCUT2D eigenvalue weighted by Gasteiger charge is 2.12. The largest absolute Gasteiger partial charge is 0.346 e. The quantitative estimate of drug-likeness (QED) is 0.597. The lowest BCUT2D eigenvalue weighted by atomic mass is 10.2. The van der Waals surface area contributed by atoms with Gasteiger partial charge in [-0.1, -0.05) is 17.7 Å². The Morgan fingerprint density at radius 2 is 2.18 bits per heavy atom. The number of hydrogen-bond donors (Lipinski definition) is 2. The second-order valence-electron chi connectivity index (χ2n) is 2.33. The van der Waals surface area contributed by atoms with Crippen LogP contribution in [-0.2, 0) is 0 Å². The number of halogens is 1. The molecule has 0 saturated carbocycles. The minimum atomic E-state index is -1.06. The van der Waals surface area contributed by atoms with Gasteiger partial charge in [0.05, 0.1) is 0 Å². The van der Waals surface area contributed by atoms with Crippen molar-refractivity contribution < 1.29 is 4.55 Å². The second-order valence-corrected chi connectivity index (χ2v) is 4.21. The zero-order valence-electron chi connectivity index (χ0n) is 5.66. The Balaban J connectivity index is 2.65. The first-order valence-corrected chi connectivity index (χ1v) is 4.98. The molecule has 0 amide bonds. The fraction of sp³-hybridized carbons (Fsp3) is 0. The molecule has 1 aliphatic rings. The summed E-state index contributed by atoms with van der Waals surface area (Å²) < 4.78 is 9.43. The van der Waals surface area contributed by atoms with E-state index in [1.54, 1.807) is 5.41 Å². The second kappa shape index (κ2) is 2.55. The van der Waals surface area contributed by atoms with Crippen molar-refractivity contribution in [3.05, 3.63) is 34.2 Å². The molecular weight excluding hydrogens is 180 g/mol. The van der Waals surface area contributed by atoms with Crippen molar-refractivity contribution in [2.45, 2.75) is 4.90 Å². The van der Waals surface area contributed by atoms with Crippen molar-refractivity contribution in [1.82, 2.24) is 0 Å². The van der Waals surface area contributed by atoms with Gasteiger partial charge in [-0.3, -0.25) is 0 Å². The van der Waals surface area contributed by atoms with E-state index in [0.717, 1.165) is 15.5 Å². The molecule has 0 spiro atoms. The summed E-state index contributed by atoms with van der Waals surface area (Å²) in [7, 11) is 0. The molecule has 1 aromatic rings. The van der Waals surface area contributed by atoms with Gasteiger partial charge in [-0.25, -0.2) is 0 Å². The van der Waals surface area contributed by atoms with Gasteiger partial charge in [0.2, 0.25) is 0 Å². The van der Waals surface area contributed by atoms with Crippen LogP contribution in [0, 0.1) is 0 Å². The van der Waals surface area contributed by atoms with Crippen LogP contribution >= 0.6 is 22.8 Å². The predicted molar refractivity (Wildman–Crippen MR) is 50.4 cm³/mol. The van der Waals surface area contributed by atoms with Crippen molar-refractivity contribution in [3.63, 3.8) is 0 Å². The standard InChI is InChI=1S/C8H7ClOS/c9-7-2-1-3-8-6(7)4-5-11(8)10/h1-5,10-11H. The Kier molecular flexibility index (Phi) is 1.68. The number of hydrogen-bond acceptors (Lipinski definition) is 1. The third-order valence-corrected chi connectivity index (χ3v) is 3.30. The van der Waals surface area contributed by atoms with Crippen molar-refractivity contribution in [2.24, 2.45) is 0 Å². The lowest BCUT2D eigenvalue weighted by Crippen LogP contribution is -1.78. The van der Waals surface area contributed by atoms with Crippen molar-refractivity contribution in [2.75, 3.05) is 0 Å². The van der Waals surface area contributed by atoms with Gasteiger partial charge >= 0.3 is 0 Å². The highest BCUT2D eigenvalue weighted by atomic mass is 35.5. The fourth-order valence-electron chi connectivity index (χ4n) is 1.12. The molecule has 1 aliphatic heterocycles. The maximum absolute atomic E-state index is 9.43. The first-order chi connectivity index (χ1) is 5.29. The Labute approximate surface area is 72.9 Å². The van der Waals surface area contributed by atoms with E-state index < -0.39 is 11.2 Å². The summed E-state index contributed by atoms with van der Waals surface area (Å²) in [4.78, 5) is 0.965. The molecule has 58 valence electrons. The Hall–Kier alpha value is -0.440. The third kappa shape index (κ3) is 1.07. The van der Waals surface area contributed by atoms with Crippen LogP contribution in [0.4, 0.5) is 0 Å². The monoisotopic (exact) mass is 186 g/mol. The van der Waals surface area contributed by atoms with Crippen molar-refractivity contribution in [1.29, 1.82) is 0 Å². The summed E-state index contributed by atoms with van der Waals surface area (Å²) >= 11 is 4.82. The molecule has 1 heterocycles. The lowest BCUT2D eigenvalue weighted by molar-refractivity contribution is 0.655. The van der Waals surface area contributed by atoms with E-state index in [1.165, 1.54) is 0 Å². The van der Waals surface area contributed by atoms with Crippen LogP contribution in [0.25, 0.3) is 6.08 Å². The zero-order chi connectivity index (χ0) is 7.84. The molecule has 0 bridgehead atoms. The van der Waals surface area contributed by atoms with Gasteiger partial charge in [0.15, 0.2) is 0 Å². The van der Waals surface area contributed by atoms with Gasteiger partial charge in [0.1, 0.15) is 0 Å². The average molecular weight is 187 g/mol. The van der Waals surface area contributed by atoms with Crippen LogP contribution in [0.3, 0.4) is 0 Å². The van der Waals surface area contributed by atoms with Gasteiger partial charge in [0, 0.05) is 15.5 Å². The topological polar surface area (TPSA) is 20.2 Å². The zero-order valence-corrected chi connectivity index (χ0v) is 7.31. The van der Waals surface area contributed by atoms with Crippen LogP contribution in [0.15, 0.2) is 28.5 Å². The van der Waals surface area contributed by atoms with E-state index in [0.29, 0.717) is 0 Å². The number of fused-ring (bicyclic) bond motifs is 1. The van der Waals surface area contributed by atoms with Crippen LogP contribution in [-0.4, -0.2) is 4.55 Å². The molecule has 1 aromatic carbocycles. The molecular formula is C8H7ClOS. The van der Waals surface area contributed by atoms with Gasteiger partial charge in [-0.05, 0) is 23.6 Å². The van der Waals surface area contributed by atoms with Gasteiger partial charge in [-0.2, -0.15) is 0 Å². The Morgan fingerprint density at radius 3 is 2.91 bits per heavy atom. The third-order valence-electron chi connectivity index (χ3n) is 1.66. The molecule has 1 nitrogen and oxygen atoms in total. The Morgan fingerprint density at radius 1 is 1.36 bits per heavy atom. The van der Waals surface area contributed by atoms with E-state index in [9.17, 15) is 4.55 Å². The minimum absolute atomic E-state index is 0.720. The fourth-order valence-corrected chi connectivity index (χ4v) is 2.55. The smallest absolute Gasteiger partial charge is 0.0490 e. The molecule has 0 aliphatic carbocycles. The van der Waals surface area contributed by atoms with E-state index in [2.05, 4.69) is 0 Å². The summed E-state index contributed by atoms with van der Waals surface area (Å²) in [6, 6.07) is 5.60. The highest BCUT2D eigenvalue weighted by molar-refractivity contribution is 8.15. The SMILES string of the molecule is O[SH]1C=Cc2c(Cl)cccc21. The van der Waals surface area contributed by atoms with Crippen molar-refractivity contribution >= 4 is 28.9 Å². The van der Waals surface area contributed by atoms with E-state index in [-0.39, 0.29) is 0 Å². The molecule has 1 atom stereocenters. The molecule has 0 aromatic heterocycles. The normalized spacial score (nSPS) is 23.6. The summed E-state index contributed by atoms with van der Waals surface area (Å²) in [5.74, 6) is 0. The molecule has 0 radical (unpaired) electrons. The molecule has 2 rings (SSSR count). The van der Waals surface area contributed by atoms with Gasteiger partial charge in [-0.15, -0.1) is 11.2 Å². The summed E-state index contributed by atoms with van der Waals surface area (Å²) in [6.07, 6.45) is 1.88. The molecule has 3 heteroatoms. The van der Waals surface area contributed by atoms with Crippen LogP contribution in [0.5, 0.6) is 0 Å². The van der Waals surface area contributed by atoms with E-state index in [1.807, 2.05) is 24.3 Å². The molecule has 0 fully saturated rings. The van der Waals surface area contributed by atoms with Crippen LogP contribution in [0.1, 0.15) is 5.56 Å². The first kappa shape index (κ1) is 7.22. The highest BCUT2D eigenvalue weighted by Crippen LogP contribution is 2.44. The van der Waals surface area contributed by atoms with Gasteiger partial charge in [0.25, 0.3) is 0 Å². The average Bonchev–Trinajstić information content (AvgIpc) is 2.35. The van der Waals surface area contributed by atoms with Crippen LogP contribution < -0.4 is 0 Å².